The summed E-state index contributed by atoms with van der Waals surface area (Å²) in [5.41, 5.74) is 2.29. The summed E-state index contributed by atoms with van der Waals surface area (Å²) in [6.07, 6.45) is 5.14. The molecule has 4 heteroatoms. The number of hydrogen-bond acceptors (Lipinski definition) is 4. The third-order valence-electron chi connectivity index (χ3n) is 3.03. The lowest BCUT2D eigenvalue weighted by Gasteiger charge is -2.29. The van der Waals surface area contributed by atoms with Crippen LogP contribution in [-0.4, -0.2) is 35.0 Å². The van der Waals surface area contributed by atoms with Crippen molar-refractivity contribution in [2.75, 3.05) is 13.6 Å². The van der Waals surface area contributed by atoms with Gasteiger partial charge in [-0.25, -0.2) is 0 Å². The maximum absolute atomic E-state index is 11.9. The molecule has 17 heavy (non-hydrogen) atoms. The molecule has 0 bridgehead atoms. The Balaban J connectivity index is 2.34. The largest absolute Gasteiger partial charge is 0.370 e. The van der Waals surface area contributed by atoms with Gasteiger partial charge < -0.3 is 4.90 Å². The van der Waals surface area contributed by atoms with Crippen LogP contribution in [-0.2, 0) is 4.79 Å². The number of nitrogens with zero attached hydrogens (tertiary/aromatic N) is 2. The molecule has 0 N–H and O–H groups in total. The number of hydrogen-bond donors (Lipinski definition) is 0. The summed E-state index contributed by atoms with van der Waals surface area (Å²) in [5, 5.41) is 0. The van der Waals surface area contributed by atoms with Crippen molar-refractivity contribution in [1.29, 1.82) is 0 Å². The number of Topliss-reactive ketones (excluding diaryl/α,β-unsaturated/α-hetero) is 2. The Morgan fingerprint density at radius 1 is 1.29 bits per heavy atom. The first-order valence-electron chi connectivity index (χ1n) is 5.36. The second-order valence-electron chi connectivity index (χ2n) is 4.10. The van der Waals surface area contributed by atoms with Gasteiger partial charge in [0.05, 0.1) is 5.70 Å². The zero-order valence-corrected chi connectivity index (χ0v) is 9.30. The monoisotopic (exact) mass is 226 g/mol. The Morgan fingerprint density at radius 2 is 2.12 bits per heavy atom. The number of likely N-dealkylation sites (N-methyl/N-ethyl adjacent to an activating group) is 1. The lowest BCUT2D eigenvalue weighted by atomic mass is 9.88. The molecule has 0 saturated carbocycles. The predicted octanol–water partition coefficient (Wildman–Crippen LogP) is 1.06. The molecule has 1 aromatic rings. The van der Waals surface area contributed by atoms with Crippen molar-refractivity contribution in [3.63, 3.8) is 0 Å². The van der Waals surface area contributed by atoms with Crippen LogP contribution < -0.4 is 0 Å². The first-order chi connectivity index (χ1) is 8.20. The minimum absolute atomic E-state index is 0.262. The number of rotatable bonds is 0. The minimum Gasteiger partial charge on any atom is -0.370 e. The second-order valence-corrected chi connectivity index (χ2v) is 4.10. The number of allylic oxidation sites excluding steroid dienone is 2. The van der Waals surface area contributed by atoms with E-state index in [1.54, 1.807) is 12.1 Å². The highest BCUT2D eigenvalue weighted by Gasteiger charge is 2.34. The van der Waals surface area contributed by atoms with Crippen molar-refractivity contribution < 1.29 is 9.59 Å². The molecular weight excluding hydrogens is 216 g/mol. The van der Waals surface area contributed by atoms with Crippen LogP contribution in [0.4, 0.5) is 0 Å². The van der Waals surface area contributed by atoms with Gasteiger partial charge in [0.25, 0.3) is 5.78 Å². The Morgan fingerprint density at radius 3 is 2.94 bits per heavy atom. The highest BCUT2D eigenvalue weighted by Crippen LogP contribution is 2.32. The molecule has 0 radical (unpaired) electrons. The zero-order chi connectivity index (χ0) is 12.0. The van der Waals surface area contributed by atoms with Gasteiger partial charge in [-0.3, -0.25) is 14.6 Å². The van der Waals surface area contributed by atoms with Crippen LogP contribution in [0.3, 0.4) is 0 Å². The van der Waals surface area contributed by atoms with Crippen molar-refractivity contribution in [3.8, 4) is 0 Å². The molecule has 0 aromatic carbocycles. The third-order valence-corrected chi connectivity index (χ3v) is 3.03. The maximum Gasteiger partial charge on any atom is 0.252 e. The quantitative estimate of drug-likeness (QED) is 0.621. The van der Waals surface area contributed by atoms with Gasteiger partial charge in [-0.05, 0) is 12.1 Å². The van der Waals surface area contributed by atoms with Crippen LogP contribution in [0.1, 0.15) is 16.1 Å². The average molecular weight is 226 g/mol. The Kier molecular flexibility index (Phi) is 1.98. The lowest BCUT2D eigenvalue weighted by Crippen LogP contribution is -2.32. The van der Waals surface area contributed by atoms with E-state index in [2.05, 4.69) is 4.98 Å². The SMILES string of the molecule is CN1CC=CC2=C1c1cccnc1C(=O)C2=O. The van der Waals surface area contributed by atoms with Crippen molar-refractivity contribution >= 4 is 17.3 Å². The van der Waals surface area contributed by atoms with Gasteiger partial charge >= 0.3 is 0 Å². The van der Waals surface area contributed by atoms with Gasteiger partial charge in [-0.2, -0.15) is 0 Å². The van der Waals surface area contributed by atoms with E-state index in [0.717, 1.165) is 17.8 Å². The predicted molar refractivity (Wildman–Crippen MR) is 62.3 cm³/mol. The molecule has 2 heterocycles. The third kappa shape index (κ3) is 1.27. The smallest absolute Gasteiger partial charge is 0.252 e. The van der Waals surface area contributed by atoms with Gasteiger partial charge in [-0.1, -0.05) is 12.2 Å². The van der Waals surface area contributed by atoms with Crippen LogP contribution in [0.15, 0.2) is 36.1 Å². The number of ketones is 2. The summed E-state index contributed by atoms with van der Waals surface area (Å²) < 4.78 is 0. The number of aromatic nitrogens is 1. The van der Waals surface area contributed by atoms with Crippen LogP contribution in [0.25, 0.3) is 5.70 Å². The summed E-state index contributed by atoms with van der Waals surface area (Å²) in [6.45, 7) is 0.731. The molecule has 0 saturated heterocycles. The van der Waals surface area contributed by atoms with Gasteiger partial charge in [-0.15, -0.1) is 0 Å². The summed E-state index contributed by atoms with van der Waals surface area (Å²) in [4.78, 5) is 29.8. The van der Waals surface area contributed by atoms with Gasteiger partial charge in [0, 0.05) is 30.9 Å². The van der Waals surface area contributed by atoms with E-state index < -0.39 is 11.6 Å². The summed E-state index contributed by atoms with van der Waals surface area (Å²) in [6, 6.07) is 3.61. The first kappa shape index (κ1) is 9.96. The maximum atomic E-state index is 11.9. The Bertz CT molecular complexity index is 599. The van der Waals surface area contributed by atoms with Crippen LogP contribution in [0.2, 0.25) is 0 Å². The van der Waals surface area contributed by atoms with E-state index in [9.17, 15) is 9.59 Å². The fraction of sp³-hybridized carbons (Fsp3) is 0.154. The van der Waals surface area contributed by atoms with Crippen LogP contribution in [0, 0.1) is 0 Å². The molecule has 0 spiro atoms. The number of fused-ring (bicyclic) bond motifs is 2. The summed E-state index contributed by atoms with van der Waals surface area (Å²) in [5.74, 6) is -0.978. The van der Waals surface area contributed by atoms with E-state index in [4.69, 9.17) is 0 Å². The molecular formula is C13H10N2O2. The van der Waals surface area contributed by atoms with Crippen LogP contribution in [0.5, 0.6) is 0 Å². The van der Waals surface area contributed by atoms with Gasteiger partial charge in [0.15, 0.2) is 0 Å². The summed E-state index contributed by atoms with van der Waals surface area (Å²) in [7, 11) is 1.90. The van der Waals surface area contributed by atoms with E-state index in [-0.39, 0.29) is 5.69 Å². The molecule has 0 amide bonds. The van der Waals surface area contributed by atoms with Gasteiger partial charge in [0.2, 0.25) is 5.78 Å². The molecule has 3 rings (SSSR count). The Labute approximate surface area is 98.3 Å². The van der Waals surface area contributed by atoms with Crippen molar-refractivity contribution in [2.24, 2.45) is 0 Å². The second kappa shape index (κ2) is 3.38. The minimum atomic E-state index is -0.515. The lowest BCUT2D eigenvalue weighted by molar-refractivity contribution is -0.111. The number of carbonyl (C=O) groups is 2. The summed E-state index contributed by atoms with van der Waals surface area (Å²) >= 11 is 0. The zero-order valence-electron chi connectivity index (χ0n) is 9.30. The normalized spacial score (nSPS) is 18.3. The van der Waals surface area contributed by atoms with Crippen molar-refractivity contribution in [3.05, 3.63) is 47.3 Å². The molecule has 0 unspecified atom stereocenters. The van der Waals surface area contributed by atoms with Crippen molar-refractivity contribution in [2.45, 2.75) is 0 Å². The molecule has 0 atom stereocenters. The van der Waals surface area contributed by atoms with E-state index >= 15 is 0 Å². The fourth-order valence-electron chi connectivity index (χ4n) is 2.25. The van der Waals surface area contributed by atoms with E-state index in [0.29, 0.717) is 5.57 Å². The molecule has 84 valence electrons. The average Bonchev–Trinajstić information content (AvgIpc) is 2.36. The number of carbonyl (C=O) groups excluding carboxylic acids is 2. The standard InChI is InChI=1S/C13H10N2O2/c1-15-7-3-5-9-11(15)8-4-2-6-14-10(8)13(17)12(9)16/h2-6H,7H2,1H3. The molecule has 2 aliphatic rings. The van der Waals surface area contributed by atoms with Gasteiger partial charge in [0.1, 0.15) is 5.69 Å². The number of pyridine rings is 1. The highest BCUT2D eigenvalue weighted by atomic mass is 16.2. The first-order valence-corrected chi connectivity index (χ1v) is 5.36. The Hall–Kier alpha value is -2.23. The van der Waals surface area contributed by atoms with Crippen LogP contribution >= 0.6 is 0 Å². The van der Waals surface area contributed by atoms with Crippen molar-refractivity contribution in [1.82, 2.24) is 9.88 Å². The molecule has 0 fully saturated rings. The van der Waals surface area contributed by atoms with E-state index in [1.807, 2.05) is 24.1 Å². The molecule has 1 aliphatic carbocycles. The highest BCUT2D eigenvalue weighted by molar-refractivity contribution is 6.52. The molecule has 4 nitrogen and oxygen atoms in total. The molecule has 1 aromatic heterocycles. The van der Waals surface area contributed by atoms with E-state index in [1.165, 1.54) is 6.20 Å². The molecule has 1 aliphatic heterocycles. The fourth-order valence-corrected chi connectivity index (χ4v) is 2.25. The topological polar surface area (TPSA) is 50.3 Å².